The molecule has 0 fully saturated rings. The van der Waals surface area contributed by atoms with Gasteiger partial charge in [0.2, 0.25) is 5.95 Å². The Morgan fingerprint density at radius 2 is 1.74 bits per heavy atom. The summed E-state index contributed by atoms with van der Waals surface area (Å²) in [5.74, 6) is -4.08. The van der Waals surface area contributed by atoms with E-state index in [2.05, 4.69) is 30.9 Å². The number of halogens is 6. The third kappa shape index (κ3) is 11.5. The number of amides is 3. The summed E-state index contributed by atoms with van der Waals surface area (Å²) in [7, 11) is 0. The second kappa shape index (κ2) is 17.0. The summed E-state index contributed by atoms with van der Waals surface area (Å²) in [4.78, 5) is 53.1. The molecular weight excluding hydrogens is 741 g/mol. The number of rotatable bonds is 3. The zero-order valence-electron chi connectivity index (χ0n) is 29.0. The van der Waals surface area contributed by atoms with Crippen LogP contribution >= 0.6 is 11.6 Å². The lowest BCUT2D eigenvalue weighted by atomic mass is 9.92. The number of hydrogen-bond donors (Lipinski definition) is 3. The fourth-order valence-corrected chi connectivity index (χ4v) is 5.53. The predicted octanol–water partition coefficient (Wildman–Crippen LogP) is 5.95. The van der Waals surface area contributed by atoms with Gasteiger partial charge in [0.1, 0.15) is 23.2 Å². The normalized spacial score (nSPS) is 15.3. The molecule has 4 aliphatic heterocycles. The summed E-state index contributed by atoms with van der Waals surface area (Å²) in [6.07, 6.45) is -4.32. The van der Waals surface area contributed by atoms with Crippen molar-refractivity contribution >= 4 is 41.0 Å². The highest BCUT2D eigenvalue weighted by atomic mass is 35.5. The molecule has 8 rings (SSSR count). The molecule has 0 unspecified atom stereocenters. The molecule has 5 heterocycles. The van der Waals surface area contributed by atoms with Gasteiger partial charge in [-0.3, -0.25) is 14.4 Å². The molecule has 0 radical (unpaired) electrons. The molecule has 4 aliphatic rings. The zero-order valence-corrected chi connectivity index (χ0v) is 29.8. The molecule has 18 heteroatoms. The van der Waals surface area contributed by atoms with E-state index in [1.54, 1.807) is 56.3 Å². The Hall–Kier alpha value is -5.58. The molecule has 4 aromatic rings. The fraction of sp³-hybridized carbons (Fsp3) is 0.333. The quantitative estimate of drug-likeness (QED) is 0.170. The molecule has 286 valence electrons. The smallest absolute Gasteiger partial charge is 0.422 e. The maximum absolute atomic E-state index is 14.3. The largest absolute Gasteiger partial charge is 0.492 e. The van der Waals surface area contributed by atoms with Gasteiger partial charge < -0.3 is 30.3 Å². The molecule has 0 atom stereocenters. The van der Waals surface area contributed by atoms with Gasteiger partial charge in [-0.1, -0.05) is 43.6 Å². The first-order chi connectivity index (χ1) is 25.5. The number of anilines is 2. The van der Waals surface area contributed by atoms with Gasteiger partial charge in [0, 0.05) is 44.2 Å². The number of nitrogens with zero attached hydrogens (tertiary/aromatic N) is 4. The maximum Gasteiger partial charge on any atom is 0.422 e. The molecule has 3 aromatic carbocycles. The highest BCUT2D eigenvalue weighted by Crippen LogP contribution is 2.27. The molecule has 6 bridgehead atoms. The SMILES string of the molecule is CC1(C)CNC(=O)c2ccc(cc2)Cc2nc(nc(OCC(F)(F)F)n2)NCc2ccc(c(Cl)c2)OCCCN(C(=O)C(=O)Nc2ccc(F)cc2F)C1. The van der Waals surface area contributed by atoms with Gasteiger partial charge in [-0.2, -0.15) is 28.1 Å². The summed E-state index contributed by atoms with van der Waals surface area (Å²) < 4.78 is 77.0. The Balaban J connectivity index is 1.38. The van der Waals surface area contributed by atoms with Crippen LogP contribution < -0.4 is 25.4 Å². The highest BCUT2D eigenvalue weighted by Gasteiger charge is 2.31. The van der Waals surface area contributed by atoms with Crippen molar-refractivity contribution in [1.29, 1.82) is 0 Å². The summed E-state index contributed by atoms with van der Waals surface area (Å²) in [5.41, 5.74) is 0.433. The van der Waals surface area contributed by atoms with Crippen LogP contribution in [0.15, 0.2) is 60.7 Å². The average molecular weight is 776 g/mol. The lowest BCUT2D eigenvalue weighted by Crippen LogP contribution is -2.48. The number of hydrogen-bond acceptors (Lipinski definition) is 9. The molecular formula is C36H35ClF5N7O5. The van der Waals surface area contributed by atoms with Crippen molar-refractivity contribution in [1.82, 2.24) is 25.2 Å². The van der Waals surface area contributed by atoms with E-state index < -0.39 is 53.6 Å². The molecule has 0 saturated carbocycles. The lowest BCUT2D eigenvalue weighted by Gasteiger charge is -2.32. The Kier molecular flexibility index (Phi) is 12.5. The second-order valence-corrected chi connectivity index (χ2v) is 13.5. The van der Waals surface area contributed by atoms with E-state index in [4.69, 9.17) is 21.1 Å². The van der Waals surface area contributed by atoms with Crippen LogP contribution in [0.25, 0.3) is 0 Å². The van der Waals surface area contributed by atoms with Gasteiger partial charge in [0.05, 0.1) is 17.3 Å². The van der Waals surface area contributed by atoms with E-state index in [0.717, 1.165) is 12.1 Å². The van der Waals surface area contributed by atoms with E-state index in [1.165, 1.54) is 4.90 Å². The minimum Gasteiger partial charge on any atom is -0.492 e. The predicted molar refractivity (Wildman–Crippen MR) is 187 cm³/mol. The monoisotopic (exact) mass is 775 g/mol. The molecule has 0 saturated heterocycles. The summed E-state index contributed by atoms with van der Waals surface area (Å²) in [6, 6.07) is 13.3. The third-order valence-corrected chi connectivity index (χ3v) is 8.18. The minimum atomic E-state index is -4.62. The van der Waals surface area contributed by atoms with Crippen LogP contribution in [0.4, 0.5) is 33.6 Å². The first kappa shape index (κ1) is 39.6. The van der Waals surface area contributed by atoms with E-state index in [1.807, 2.05) is 0 Å². The van der Waals surface area contributed by atoms with E-state index in [-0.39, 0.29) is 68.1 Å². The van der Waals surface area contributed by atoms with E-state index >= 15 is 0 Å². The lowest BCUT2D eigenvalue weighted by molar-refractivity contribution is -0.154. The van der Waals surface area contributed by atoms with Crippen molar-refractivity contribution in [3.8, 4) is 11.8 Å². The molecule has 54 heavy (non-hydrogen) atoms. The highest BCUT2D eigenvalue weighted by molar-refractivity contribution is 6.39. The van der Waals surface area contributed by atoms with Crippen LogP contribution in [0, 0.1) is 17.0 Å². The number of carbonyl (C=O) groups excluding carboxylic acids is 3. The van der Waals surface area contributed by atoms with Crippen LogP contribution in [-0.2, 0) is 22.6 Å². The maximum atomic E-state index is 14.3. The van der Waals surface area contributed by atoms with Crippen LogP contribution in [0.5, 0.6) is 11.8 Å². The van der Waals surface area contributed by atoms with E-state index in [9.17, 15) is 36.3 Å². The molecule has 0 aliphatic carbocycles. The van der Waals surface area contributed by atoms with Gasteiger partial charge >= 0.3 is 24.0 Å². The van der Waals surface area contributed by atoms with Gasteiger partial charge in [0.15, 0.2) is 6.61 Å². The van der Waals surface area contributed by atoms with Gasteiger partial charge in [-0.25, -0.2) is 8.78 Å². The number of carbonyl (C=O) groups is 3. The third-order valence-electron chi connectivity index (χ3n) is 7.89. The summed E-state index contributed by atoms with van der Waals surface area (Å²) in [6.45, 7) is 2.23. The van der Waals surface area contributed by atoms with E-state index in [0.29, 0.717) is 28.5 Å². The first-order valence-corrected chi connectivity index (χ1v) is 16.9. The summed E-state index contributed by atoms with van der Waals surface area (Å²) in [5, 5.41) is 8.21. The molecule has 3 amide bonds. The Morgan fingerprint density at radius 3 is 2.44 bits per heavy atom. The van der Waals surface area contributed by atoms with Crippen molar-refractivity contribution in [3.63, 3.8) is 0 Å². The van der Waals surface area contributed by atoms with Crippen LogP contribution in [0.3, 0.4) is 0 Å². The average Bonchev–Trinajstić information content (AvgIpc) is 3.11. The van der Waals surface area contributed by atoms with Gasteiger partial charge in [-0.15, -0.1) is 0 Å². The van der Waals surface area contributed by atoms with Crippen LogP contribution in [0.1, 0.15) is 47.6 Å². The van der Waals surface area contributed by atoms with Crippen molar-refractivity contribution < 1.29 is 45.8 Å². The minimum absolute atomic E-state index is 0.00455. The van der Waals surface area contributed by atoms with Crippen molar-refractivity contribution in [3.05, 3.63) is 99.8 Å². The van der Waals surface area contributed by atoms with Gasteiger partial charge in [-0.05, 0) is 59.4 Å². The molecule has 3 N–H and O–H groups in total. The Bertz CT molecular complexity index is 2000. The van der Waals surface area contributed by atoms with Gasteiger partial charge in [0.25, 0.3) is 5.91 Å². The van der Waals surface area contributed by atoms with Crippen molar-refractivity contribution in [2.45, 2.75) is 39.4 Å². The number of alkyl halides is 3. The molecule has 0 spiro atoms. The zero-order chi connectivity index (χ0) is 39.0. The first-order valence-electron chi connectivity index (χ1n) is 16.6. The number of benzene rings is 3. The van der Waals surface area contributed by atoms with Crippen molar-refractivity contribution in [2.75, 3.05) is 43.5 Å². The number of aromatic nitrogens is 3. The number of ether oxygens (including phenoxy) is 2. The second-order valence-electron chi connectivity index (χ2n) is 13.1. The molecule has 12 nitrogen and oxygen atoms in total. The fourth-order valence-electron chi connectivity index (χ4n) is 5.27. The number of nitrogens with one attached hydrogen (secondary N) is 3. The Morgan fingerprint density at radius 1 is 1.00 bits per heavy atom. The topological polar surface area (TPSA) is 148 Å². The van der Waals surface area contributed by atoms with Crippen LogP contribution in [-0.4, -0.2) is 76.6 Å². The van der Waals surface area contributed by atoms with Crippen LogP contribution in [0.2, 0.25) is 5.02 Å². The standard InChI is InChI=1S/C36H35ClF5N7O5/c1-35(2)18-44-30(50)23-7-4-21(5-8-23)15-29-46-33(48-34(47-29)54-20-36(40,41)42)43-17-22-6-11-28(25(37)14-22)53-13-3-12-49(19-35)32(52)31(51)45-27-10-9-24(38)16-26(27)39/h4-11,14,16H,3,12-13,15,17-20H2,1-2H3,(H,44,50)(H,45,51)(H,43,46,47,48). The molecule has 1 aromatic heterocycles. The summed E-state index contributed by atoms with van der Waals surface area (Å²) >= 11 is 6.48. The van der Waals surface area contributed by atoms with Crippen molar-refractivity contribution in [2.24, 2.45) is 5.41 Å². The Labute approximate surface area is 311 Å².